The molecule has 1 saturated heterocycles. The molecule has 0 radical (unpaired) electrons. The average Bonchev–Trinajstić information content (AvgIpc) is 2.94. The Bertz CT molecular complexity index is 960. The molecule has 0 spiro atoms. The van der Waals surface area contributed by atoms with Crippen molar-refractivity contribution in [1.82, 2.24) is 9.88 Å². The molecule has 8 heteroatoms. The van der Waals surface area contributed by atoms with Gasteiger partial charge in [0.2, 0.25) is 11.8 Å². The molecule has 1 aliphatic rings. The van der Waals surface area contributed by atoms with Gasteiger partial charge < -0.3 is 9.32 Å². The van der Waals surface area contributed by atoms with E-state index in [1.54, 1.807) is 24.0 Å². The standard InChI is InChI=1S/C20H25FN2O4S/c1-13-7-6-8-14(2)23(13)19(24)12-28(25,26)11-18-15(3)27-20(22-18)16-9-4-5-10-17(16)21/h4-5,9-10,13-14H,6-8,11-12H2,1-3H3. The second-order valence-electron chi connectivity index (χ2n) is 7.46. The van der Waals surface area contributed by atoms with Crippen LogP contribution in [-0.4, -0.2) is 42.0 Å². The molecule has 1 aliphatic heterocycles. The lowest BCUT2D eigenvalue weighted by molar-refractivity contribution is -0.134. The van der Waals surface area contributed by atoms with Crippen LogP contribution in [0.4, 0.5) is 4.39 Å². The molecule has 1 fully saturated rings. The molecular formula is C20H25FN2O4S. The van der Waals surface area contributed by atoms with Crippen LogP contribution in [0, 0.1) is 12.7 Å². The lowest BCUT2D eigenvalue weighted by atomic mass is 9.98. The summed E-state index contributed by atoms with van der Waals surface area (Å²) in [7, 11) is -3.74. The third-order valence-electron chi connectivity index (χ3n) is 5.18. The average molecular weight is 408 g/mol. The van der Waals surface area contributed by atoms with E-state index in [1.165, 1.54) is 12.1 Å². The van der Waals surface area contributed by atoms with E-state index in [2.05, 4.69) is 4.98 Å². The minimum absolute atomic E-state index is 0.0328. The summed E-state index contributed by atoms with van der Waals surface area (Å²) >= 11 is 0. The maximum absolute atomic E-state index is 13.9. The van der Waals surface area contributed by atoms with Crippen LogP contribution in [0.3, 0.4) is 0 Å². The number of aryl methyl sites for hydroxylation is 1. The van der Waals surface area contributed by atoms with Gasteiger partial charge in [-0.15, -0.1) is 0 Å². The van der Waals surface area contributed by atoms with E-state index in [0.717, 1.165) is 19.3 Å². The number of benzene rings is 1. The molecule has 0 aliphatic carbocycles. The second-order valence-corrected chi connectivity index (χ2v) is 9.53. The van der Waals surface area contributed by atoms with Crippen LogP contribution >= 0.6 is 0 Å². The summed E-state index contributed by atoms with van der Waals surface area (Å²) in [5, 5.41) is 0. The van der Waals surface area contributed by atoms with Crippen molar-refractivity contribution in [3.05, 3.63) is 41.5 Å². The van der Waals surface area contributed by atoms with Crippen molar-refractivity contribution in [1.29, 1.82) is 0 Å². The molecular weight excluding hydrogens is 383 g/mol. The van der Waals surface area contributed by atoms with E-state index in [4.69, 9.17) is 4.42 Å². The van der Waals surface area contributed by atoms with Crippen LogP contribution < -0.4 is 0 Å². The number of oxazole rings is 1. The van der Waals surface area contributed by atoms with Crippen molar-refractivity contribution >= 4 is 15.7 Å². The molecule has 1 aromatic heterocycles. The lowest BCUT2D eigenvalue weighted by Crippen LogP contribution is -2.49. The highest BCUT2D eigenvalue weighted by molar-refractivity contribution is 7.91. The molecule has 0 N–H and O–H groups in total. The number of carbonyl (C=O) groups is 1. The quantitative estimate of drug-likeness (QED) is 0.756. The molecule has 2 unspecified atom stereocenters. The lowest BCUT2D eigenvalue weighted by Gasteiger charge is -2.39. The predicted molar refractivity (Wildman–Crippen MR) is 104 cm³/mol. The van der Waals surface area contributed by atoms with E-state index in [9.17, 15) is 17.6 Å². The highest BCUT2D eigenvalue weighted by Gasteiger charge is 2.32. The van der Waals surface area contributed by atoms with Crippen LogP contribution in [0.2, 0.25) is 0 Å². The van der Waals surface area contributed by atoms with Gasteiger partial charge in [-0.3, -0.25) is 4.79 Å². The Morgan fingerprint density at radius 3 is 2.54 bits per heavy atom. The van der Waals surface area contributed by atoms with Gasteiger partial charge in [0.1, 0.15) is 17.3 Å². The Morgan fingerprint density at radius 2 is 1.89 bits per heavy atom. The molecule has 2 atom stereocenters. The zero-order valence-corrected chi connectivity index (χ0v) is 17.1. The summed E-state index contributed by atoms with van der Waals surface area (Å²) < 4.78 is 44.7. The number of rotatable bonds is 5. The van der Waals surface area contributed by atoms with Crippen molar-refractivity contribution < 1.29 is 22.0 Å². The summed E-state index contributed by atoms with van der Waals surface area (Å²) in [6, 6.07) is 6.06. The minimum Gasteiger partial charge on any atom is -0.441 e. The monoisotopic (exact) mass is 408 g/mol. The van der Waals surface area contributed by atoms with E-state index in [-0.39, 0.29) is 35.1 Å². The minimum atomic E-state index is -3.74. The number of aromatic nitrogens is 1. The summed E-state index contributed by atoms with van der Waals surface area (Å²) in [5.74, 6) is -1.53. The molecule has 1 amide bonds. The Balaban J connectivity index is 1.76. The number of sulfone groups is 1. The number of hydrogen-bond donors (Lipinski definition) is 0. The fraction of sp³-hybridized carbons (Fsp3) is 0.500. The normalized spacial score (nSPS) is 20.4. The van der Waals surface area contributed by atoms with Gasteiger partial charge >= 0.3 is 0 Å². The van der Waals surface area contributed by atoms with Gasteiger partial charge in [0.25, 0.3) is 0 Å². The molecule has 28 heavy (non-hydrogen) atoms. The van der Waals surface area contributed by atoms with E-state index < -0.39 is 27.2 Å². The first-order valence-electron chi connectivity index (χ1n) is 9.40. The van der Waals surface area contributed by atoms with E-state index >= 15 is 0 Å². The number of likely N-dealkylation sites (tertiary alicyclic amines) is 1. The molecule has 3 rings (SSSR count). The van der Waals surface area contributed by atoms with E-state index in [0.29, 0.717) is 5.76 Å². The molecule has 0 saturated carbocycles. The summed E-state index contributed by atoms with van der Waals surface area (Å²) in [6.07, 6.45) is 2.80. The van der Waals surface area contributed by atoms with Crippen LogP contribution in [0.1, 0.15) is 44.6 Å². The van der Waals surface area contributed by atoms with Crippen molar-refractivity contribution in [3.8, 4) is 11.5 Å². The summed E-state index contributed by atoms with van der Waals surface area (Å²) in [4.78, 5) is 18.5. The molecule has 0 bridgehead atoms. The largest absolute Gasteiger partial charge is 0.441 e. The van der Waals surface area contributed by atoms with Crippen LogP contribution in [-0.2, 0) is 20.4 Å². The van der Waals surface area contributed by atoms with Crippen LogP contribution in [0.15, 0.2) is 28.7 Å². The van der Waals surface area contributed by atoms with Crippen molar-refractivity contribution in [3.63, 3.8) is 0 Å². The van der Waals surface area contributed by atoms with Gasteiger partial charge in [-0.05, 0) is 52.2 Å². The number of carbonyl (C=O) groups excluding carboxylic acids is 1. The first-order chi connectivity index (χ1) is 13.2. The van der Waals surface area contributed by atoms with Gasteiger partial charge in [-0.2, -0.15) is 0 Å². The first-order valence-corrected chi connectivity index (χ1v) is 11.2. The smallest absolute Gasteiger partial charge is 0.238 e. The number of hydrogen-bond acceptors (Lipinski definition) is 5. The first kappa shape index (κ1) is 20.5. The van der Waals surface area contributed by atoms with Crippen molar-refractivity contribution in [2.24, 2.45) is 0 Å². The maximum atomic E-state index is 13.9. The predicted octanol–water partition coefficient (Wildman–Crippen LogP) is 3.49. The van der Waals surface area contributed by atoms with Crippen LogP contribution in [0.5, 0.6) is 0 Å². The fourth-order valence-corrected chi connectivity index (χ4v) is 5.06. The Hall–Kier alpha value is -2.22. The topological polar surface area (TPSA) is 80.5 Å². The SMILES string of the molecule is Cc1oc(-c2ccccc2F)nc1CS(=O)(=O)CC(=O)N1C(C)CCCC1C. The van der Waals surface area contributed by atoms with Crippen molar-refractivity contribution in [2.75, 3.05) is 5.75 Å². The third-order valence-corrected chi connectivity index (χ3v) is 6.58. The number of piperidine rings is 1. The summed E-state index contributed by atoms with van der Waals surface area (Å²) in [5.41, 5.74) is 0.368. The van der Waals surface area contributed by atoms with Crippen molar-refractivity contribution in [2.45, 2.75) is 57.9 Å². The Kier molecular flexibility index (Phi) is 5.88. The molecule has 2 aromatic rings. The Morgan fingerprint density at radius 1 is 1.25 bits per heavy atom. The number of amides is 1. The Labute approximate surface area is 164 Å². The van der Waals surface area contributed by atoms with Gasteiger partial charge in [-0.1, -0.05) is 12.1 Å². The van der Waals surface area contributed by atoms with E-state index in [1.807, 2.05) is 13.8 Å². The molecule has 1 aromatic carbocycles. The molecule has 152 valence electrons. The zero-order chi connectivity index (χ0) is 20.5. The third kappa shape index (κ3) is 4.43. The maximum Gasteiger partial charge on any atom is 0.238 e. The van der Waals surface area contributed by atoms with Gasteiger partial charge in [0.15, 0.2) is 9.84 Å². The number of halogens is 1. The molecule has 6 nitrogen and oxygen atoms in total. The van der Waals surface area contributed by atoms with Gasteiger partial charge in [-0.25, -0.2) is 17.8 Å². The van der Waals surface area contributed by atoms with Gasteiger partial charge in [0.05, 0.1) is 17.0 Å². The molecule has 2 heterocycles. The number of nitrogens with zero attached hydrogens (tertiary/aromatic N) is 2. The van der Waals surface area contributed by atoms with Gasteiger partial charge in [0, 0.05) is 12.1 Å². The highest BCUT2D eigenvalue weighted by Crippen LogP contribution is 2.26. The summed E-state index contributed by atoms with van der Waals surface area (Å²) in [6.45, 7) is 5.48. The zero-order valence-electron chi connectivity index (χ0n) is 16.3. The van der Waals surface area contributed by atoms with Crippen LogP contribution in [0.25, 0.3) is 11.5 Å². The highest BCUT2D eigenvalue weighted by atomic mass is 32.2. The fourth-order valence-electron chi connectivity index (χ4n) is 3.75. The second kappa shape index (κ2) is 8.03.